The van der Waals surface area contributed by atoms with Crippen LogP contribution in [0.3, 0.4) is 0 Å². The Labute approximate surface area is 135 Å². The molecule has 1 aromatic carbocycles. The summed E-state index contributed by atoms with van der Waals surface area (Å²) in [5, 5.41) is 0. The minimum absolute atomic E-state index is 0.0902. The van der Waals surface area contributed by atoms with Gasteiger partial charge in [0.2, 0.25) is 10.0 Å². The summed E-state index contributed by atoms with van der Waals surface area (Å²) >= 11 is 0. The molecule has 1 fully saturated rings. The highest BCUT2D eigenvalue weighted by Crippen LogP contribution is 2.22. The molecule has 0 saturated carbocycles. The van der Waals surface area contributed by atoms with Crippen LogP contribution in [0.4, 0.5) is 0 Å². The molecule has 3 rings (SSSR count). The van der Waals surface area contributed by atoms with Gasteiger partial charge in [-0.05, 0) is 25.0 Å². The molecular formula is C15H19N3O4S. The summed E-state index contributed by atoms with van der Waals surface area (Å²) in [4.78, 5) is 25.5. The van der Waals surface area contributed by atoms with Crippen LogP contribution in [0.1, 0.15) is 33.6 Å². The van der Waals surface area contributed by atoms with Crippen LogP contribution < -0.4 is 5.73 Å². The Bertz CT molecular complexity index is 712. The number of amides is 2. The maximum atomic E-state index is 12.2. The molecule has 2 N–H and O–H groups in total. The third kappa shape index (κ3) is 3.01. The van der Waals surface area contributed by atoms with Gasteiger partial charge < -0.3 is 5.73 Å². The van der Waals surface area contributed by atoms with E-state index in [0.29, 0.717) is 30.6 Å². The van der Waals surface area contributed by atoms with Crippen molar-refractivity contribution < 1.29 is 18.0 Å². The standard InChI is InChI=1S/C15H19N3O4S/c16-11-6-8-17(10-11)23(21,22)9-3-7-18-14(19)12-4-1-2-5-13(12)15(18)20/h1-2,4-5,11H,3,6-10,16H2/t11-/m1/s1. The van der Waals surface area contributed by atoms with E-state index in [2.05, 4.69) is 0 Å². The number of sulfonamides is 1. The summed E-state index contributed by atoms with van der Waals surface area (Å²) < 4.78 is 25.8. The zero-order valence-corrected chi connectivity index (χ0v) is 13.5. The van der Waals surface area contributed by atoms with Gasteiger partial charge in [0, 0.05) is 25.7 Å². The fourth-order valence-corrected chi connectivity index (χ4v) is 4.54. The highest BCUT2D eigenvalue weighted by molar-refractivity contribution is 7.89. The number of nitrogens with zero attached hydrogens (tertiary/aromatic N) is 2. The van der Waals surface area contributed by atoms with Gasteiger partial charge in [-0.15, -0.1) is 0 Å². The van der Waals surface area contributed by atoms with E-state index < -0.39 is 10.0 Å². The number of hydrogen-bond acceptors (Lipinski definition) is 5. The van der Waals surface area contributed by atoms with Crippen molar-refractivity contribution in [2.45, 2.75) is 18.9 Å². The monoisotopic (exact) mass is 337 g/mol. The third-order valence-electron chi connectivity index (χ3n) is 4.24. The van der Waals surface area contributed by atoms with Gasteiger partial charge in [0.15, 0.2) is 0 Å². The Kier molecular flexibility index (Phi) is 4.22. The van der Waals surface area contributed by atoms with Crippen LogP contribution in [0.2, 0.25) is 0 Å². The van der Waals surface area contributed by atoms with Crippen LogP contribution in [0, 0.1) is 0 Å². The zero-order chi connectivity index (χ0) is 16.6. The van der Waals surface area contributed by atoms with E-state index in [4.69, 9.17) is 5.73 Å². The van der Waals surface area contributed by atoms with Crippen molar-refractivity contribution in [3.63, 3.8) is 0 Å². The molecule has 2 amide bonds. The average Bonchev–Trinajstić information content (AvgIpc) is 3.06. The van der Waals surface area contributed by atoms with Crippen LogP contribution in [-0.2, 0) is 10.0 Å². The summed E-state index contributed by atoms with van der Waals surface area (Å²) in [6.45, 7) is 0.886. The van der Waals surface area contributed by atoms with Crippen molar-refractivity contribution >= 4 is 21.8 Å². The lowest BCUT2D eigenvalue weighted by Gasteiger charge is -2.17. The van der Waals surface area contributed by atoms with Gasteiger partial charge in [-0.2, -0.15) is 0 Å². The molecule has 1 atom stereocenters. The van der Waals surface area contributed by atoms with E-state index in [0.717, 1.165) is 4.90 Å². The highest BCUT2D eigenvalue weighted by Gasteiger charge is 2.35. The maximum absolute atomic E-state index is 12.2. The van der Waals surface area contributed by atoms with Gasteiger partial charge in [0.05, 0.1) is 16.9 Å². The Morgan fingerprint density at radius 3 is 2.26 bits per heavy atom. The average molecular weight is 337 g/mol. The predicted molar refractivity (Wildman–Crippen MR) is 84.4 cm³/mol. The molecular weight excluding hydrogens is 318 g/mol. The first-order valence-corrected chi connectivity index (χ1v) is 9.20. The Morgan fingerprint density at radius 2 is 1.74 bits per heavy atom. The van der Waals surface area contributed by atoms with Gasteiger partial charge in [-0.1, -0.05) is 12.1 Å². The summed E-state index contributed by atoms with van der Waals surface area (Å²) in [6.07, 6.45) is 0.886. The molecule has 8 heteroatoms. The molecule has 23 heavy (non-hydrogen) atoms. The molecule has 2 aliphatic rings. The second-order valence-electron chi connectivity index (χ2n) is 5.88. The minimum Gasteiger partial charge on any atom is -0.326 e. The minimum atomic E-state index is -3.38. The lowest BCUT2D eigenvalue weighted by atomic mass is 10.1. The number of benzene rings is 1. The van der Waals surface area contributed by atoms with Crippen molar-refractivity contribution in [3.05, 3.63) is 35.4 Å². The molecule has 0 aromatic heterocycles. The van der Waals surface area contributed by atoms with Gasteiger partial charge in [-0.3, -0.25) is 14.5 Å². The third-order valence-corrected chi connectivity index (χ3v) is 6.17. The fraction of sp³-hybridized carbons (Fsp3) is 0.467. The molecule has 7 nitrogen and oxygen atoms in total. The van der Waals surface area contributed by atoms with E-state index in [9.17, 15) is 18.0 Å². The molecule has 2 heterocycles. The Hall–Kier alpha value is -1.77. The van der Waals surface area contributed by atoms with E-state index >= 15 is 0 Å². The predicted octanol–water partition coefficient (Wildman–Crippen LogP) is 0.0355. The second kappa shape index (κ2) is 6.03. The van der Waals surface area contributed by atoms with Gasteiger partial charge in [-0.25, -0.2) is 12.7 Å². The molecule has 1 saturated heterocycles. The second-order valence-corrected chi connectivity index (χ2v) is 7.97. The van der Waals surface area contributed by atoms with Gasteiger partial charge in [0.25, 0.3) is 11.8 Å². The lowest BCUT2D eigenvalue weighted by Crippen LogP contribution is -2.36. The smallest absolute Gasteiger partial charge is 0.261 e. The number of carbonyl (C=O) groups excluding carboxylic acids is 2. The maximum Gasteiger partial charge on any atom is 0.261 e. The summed E-state index contributed by atoms with van der Waals surface area (Å²) in [5.74, 6) is -0.801. The normalized spacial score (nSPS) is 22.0. The molecule has 0 spiro atoms. The molecule has 124 valence electrons. The van der Waals surface area contributed by atoms with E-state index in [1.807, 2.05) is 0 Å². The van der Waals surface area contributed by atoms with Crippen LogP contribution in [-0.4, -0.2) is 60.9 Å². The number of hydrogen-bond donors (Lipinski definition) is 1. The Balaban J connectivity index is 1.60. The van der Waals surface area contributed by atoms with E-state index in [-0.39, 0.29) is 36.6 Å². The SMILES string of the molecule is N[C@@H]1CCN(S(=O)(=O)CCCN2C(=O)c3ccccc3C2=O)C1. The topological polar surface area (TPSA) is 101 Å². The van der Waals surface area contributed by atoms with Gasteiger partial charge >= 0.3 is 0 Å². The molecule has 0 bridgehead atoms. The molecule has 0 radical (unpaired) electrons. The number of carbonyl (C=O) groups is 2. The van der Waals surface area contributed by atoms with Crippen LogP contribution >= 0.6 is 0 Å². The zero-order valence-electron chi connectivity index (χ0n) is 12.6. The van der Waals surface area contributed by atoms with Crippen molar-refractivity contribution in [2.75, 3.05) is 25.4 Å². The Morgan fingerprint density at radius 1 is 1.13 bits per heavy atom. The first kappa shape index (κ1) is 16.1. The number of nitrogens with two attached hydrogens (primary N) is 1. The molecule has 0 unspecified atom stereocenters. The molecule has 1 aromatic rings. The largest absolute Gasteiger partial charge is 0.326 e. The number of fused-ring (bicyclic) bond motifs is 1. The van der Waals surface area contributed by atoms with Crippen LogP contribution in [0.25, 0.3) is 0 Å². The molecule has 2 aliphatic heterocycles. The lowest BCUT2D eigenvalue weighted by molar-refractivity contribution is 0.0654. The molecule has 0 aliphatic carbocycles. The van der Waals surface area contributed by atoms with Crippen molar-refractivity contribution in [2.24, 2.45) is 5.73 Å². The van der Waals surface area contributed by atoms with Crippen molar-refractivity contribution in [1.29, 1.82) is 0 Å². The first-order valence-electron chi connectivity index (χ1n) is 7.59. The van der Waals surface area contributed by atoms with E-state index in [1.54, 1.807) is 24.3 Å². The number of rotatable bonds is 5. The van der Waals surface area contributed by atoms with E-state index in [1.165, 1.54) is 4.31 Å². The summed E-state index contributed by atoms with van der Waals surface area (Å²) in [6, 6.07) is 6.51. The summed E-state index contributed by atoms with van der Waals surface area (Å²) in [5.41, 5.74) is 6.49. The highest BCUT2D eigenvalue weighted by atomic mass is 32.2. The first-order chi connectivity index (χ1) is 10.9. The summed E-state index contributed by atoms with van der Waals surface area (Å²) in [7, 11) is -3.38. The van der Waals surface area contributed by atoms with Crippen LogP contribution in [0.5, 0.6) is 0 Å². The van der Waals surface area contributed by atoms with Crippen molar-refractivity contribution in [3.8, 4) is 0 Å². The fourth-order valence-electron chi connectivity index (χ4n) is 2.98. The van der Waals surface area contributed by atoms with Crippen LogP contribution in [0.15, 0.2) is 24.3 Å². The number of imide groups is 1. The van der Waals surface area contributed by atoms with Gasteiger partial charge in [0.1, 0.15) is 0 Å². The quantitative estimate of drug-likeness (QED) is 0.764. The van der Waals surface area contributed by atoms with Crippen molar-refractivity contribution in [1.82, 2.24) is 9.21 Å².